The van der Waals surface area contributed by atoms with Gasteiger partial charge in [-0.15, -0.1) is 5.10 Å². The Morgan fingerprint density at radius 3 is 2.69 bits per heavy atom. The minimum atomic E-state index is -0.319. The number of hydrogen-bond donors (Lipinski definition) is 0. The molecule has 0 bridgehead atoms. The van der Waals surface area contributed by atoms with Crippen LogP contribution in [0.1, 0.15) is 44.9 Å². The van der Waals surface area contributed by atoms with Gasteiger partial charge in [0.1, 0.15) is 0 Å². The second-order valence-corrected chi connectivity index (χ2v) is 4.94. The molecule has 1 atom stereocenters. The number of nitrogens with zero attached hydrogens (tertiary/aromatic N) is 2. The van der Waals surface area contributed by atoms with Crippen LogP contribution in [0.15, 0.2) is 9.21 Å². The maximum Gasteiger partial charge on any atom is 0.437 e. The molecule has 0 amide bonds. The molecule has 0 aliphatic heterocycles. The first-order chi connectivity index (χ1) is 7.66. The van der Waals surface area contributed by atoms with Gasteiger partial charge in [0.2, 0.25) is 5.89 Å². The maximum atomic E-state index is 11.4. The van der Waals surface area contributed by atoms with Crippen molar-refractivity contribution in [2.45, 2.75) is 52.5 Å². The van der Waals surface area contributed by atoms with Crippen LogP contribution in [0.2, 0.25) is 0 Å². The van der Waals surface area contributed by atoms with Crippen LogP contribution in [-0.4, -0.2) is 9.78 Å². The van der Waals surface area contributed by atoms with E-state index < -0.39 is 0 Å². The van der Waals surface area contributed by atoms with E-state index in [0.717, 1.165) is 5.92 Å². The molecule has 1 unspecified atom stereocenters. The molecule has 0 aromatic carbocycles. The molecule has 1 aromatic rings. The number of hydrogen-bond acceptors (Lipinski definition) is 3. The van der Waals surface area contributed by atoms with Gasteiger partial charge in [0.05, 0.1) is 6.54 Å². The zero-order valence-corrected chi connectivity index (χ0v) is 10.1. The molecular formula is C12H20N2O2. The molecule has 0 N–H and O–H groups in total. The summed E-state index contributed by atoms with van der Waals surface area (Å²) in [6, 6.07) is 0. The van der Waals surface area contributed by atoms with E-state index in [1.807, 2.05) is 0 Å². The Balaban J connectivity index is 1.98. The van der Waals surface area contributed by atoms with Crippen LogP contribution in [-0.2, 0) is 6.54 Å². The Morgan fingerprint density at radius 1 is 1.44 bits per heavy atom. The molecule has 4 nitrogen and oxygen atoms in total. The molecule has 1 fully saturated rings. The lowest BCUT2D eigenvalue weighted by Gasteiger charge is -2.27. The van der Waals surface area contributed by atoms with E-state index in [-0.39, 0.29) is 5.76 Å². The summed E-state index contributed by atoms with van der Waals surface area (Å²) in [5.41, 5.74) is 0. The highest BCUT2D eigenvalue weighted by molar-refractivity contribution is 4.73. The highest BCUT2D eigenvalue weighted by Crippen LogP contribution is 2.30. The predicted octanol–water partition coefficient (Wildman–Crippen LogP) is 2.36. The molecule has 0 radical (unpaired) electrons. The zero-order chi connectivity index (χ0) is 11.5. The van der Waals surface area contributed by atoms with Crippen LogP contribution in [0.25, 0.3) is 0 Å². The largest absolute Gasteiger partial charge is 0.437 e. The monoisotopic (exact) mass is 224 g/mol. The van der Waals surface area contributed by atoms with Crippen molar-refractivity contribution in [2.24, 2.45) is 11.8 Å². The van der Waals surface area contributed by atoms with Crippen molar-refractivity contribution in [2.75, 3.05) is 0 Å². The fourth-order valence-corrected chi connectivity index (χ4v) is 2.65. The fraction of sp³-hybridized carbons (Fsp3) is 0.833. The molecular weight excluding hydrogens is 204 g/mol. The predicted molar refractivity (Wildman–Crippen MR) is 61.2 cm³/mol. The summed E-state index contributed by atoms with van der Waals surface area (Å²) >= 11 is 0. The molecule has 1 aromatic heterocycles. The van der Waals surface area contributed by atoms with Gasteiger partial charge in [0.25, 0.3) is 0 Å². The Hall–Kier alpha value is -1.06. The standard InChI is InChI=1S/C12H20N2O2/c1-9(11-6-4-3-5-7-11)8-14-12(15)16-10(2)13-14/h9,11H,3-8H2,1-2H3. The minimum absolute atomic E-state index is 0.319. The minimum Gasteiger partial charge on any atom is -0.393 e. The van der Waals surface area contributed by atoms with E-state index in [2.05, 4.69) is 12.0 Å². The second-order valence-electron chi connectivity index (χ2n) is 4.94. The van der Waals surface area contributed by atoms with Crippen molar-refractivity contribution >= 4 is 0 Å². The van der Waals surface area contributed by atoms with Gasteiger partial charge in [-0.2, -0.15) is 4.68 Å². The summed E-state index contributed by atoms with van der Waals surface area (Å²) in [6.45, 7) is 4.62. The fourth-order valence-electron chi connectivity index (χ4n) is 2.65. The number of rotatable bonds is 3. The van der Waals surface area contributed by atoms with Gasteiger partial charge in [-0.05, 0) is 11.8 Å². The third-order valence-electron chi connectivity index (χ3n) is 3.62. The van der Waals surface area contributed by atoms with Crippen molar-refractivity contribution in [3.05, 3.63) is 16.4 Å². The molecule has 1 aliphatic carbocycles. The summed E-state index contributed by atoms with van der Waals surface area (Å²) in [5.74, 6) is 1.40. The lowest BCUT2D eigenvalue weighted by molar-refractivity contribution is 0.231. The summed E-state index contributed by atoms with van der Waals surface area (Å²) in [6.07, 6.45) is 6.63. The number of aromatic nitrogens is 2. The Morgan fingerprint density at radius 2 is 2.12 bits per heavy atom. The molecule has 0 saturated heterocycles. The van der Waals surface area contributed by atoms with Gasteiger partial charge in [0, 0.05) is 6.92 Å². The van der Waals surface area contributed by atoms with Crippen LogP contribution >= 0.6 is 0 Å². The van der Waals surface area contributed by atoms with Gasteiger partial charge in [-0.3, -0.25) is 0 Å². The molecule has 1 saturated carbocycles. The first kappa shape index (κ1) is 11.4. The summed E-state index contributed by atoms with van der Waals surface area (Å²) in [4.78, 5) is 11.4. The summed E-state index contributed by atoms with van der Waals surface area (Å²) < 4.78 is 6.37. The van der Waals surface area contributed by atoms with E-state index in [1.54, 1.807) is 6.92 Å². The van der Waals surface area contributed by atoms with Crippen molar-refractivity contribution in [1.82, 2.24) is 9.78 Å². The van der Waals surface area contributed by atoms with Gasteiger partial charge < -0.3 is 4.42 Å². The zero-order valence-electron chi connectivity index (χ0n) is 10.1. The maximum absolute atomic E-state index is 11.4. The van der Waals surface area contributed by atoms with E-state index in [0.29, 0.717) is 18.4 Å². The average molecular weight is 224 g/mol. The topological polar surface area (TPSA) is 48.0 Å². The van der Waals surface area contributed by atoms with E-state index in [1.165, 1.54) is 36.8 Å². The van der Waals surface area contributed by atoms with Crippen molar-refractivity contribution in [3.63, 3.8) is 0 Å². The summed E-state index contributed by atoms with van der Waals surface area (Å²) in [7, 11) is 0. The third kappa shape index (κ3) is 2.54. The smallest absolute Gasteiger partial charge is 0.393 e. The Bertz CT molecular complexity index is 388. The molecule has 90 valence electrons. The number of aryl methyl sites for hydroxylation is 1. The van der Waals surface area contributed by atoms with Crippen LogP contribution < -0.4 is 5.76 Å². The molecule has 4 heteroatoms. The lowest BCUT2D eigenvalue weighted by Crippen LogP contribution is -2.25. The second kappa shape index (κ2) is 4.85. The molecule has 1 heterocycles. The van der Waals surface area contributed by atoms with E-state index in [4.69, 9.17) is 4.42 Å². The van der Waals surface area contributed by atoms with Gasteiger partial charge in [0.15, 0.2) is 0 Å². The van der Waals surface area contributed by atoms with Crippen LogP contribution in [0.5, 0.6) is 0 Å². The highest BCUT2D eigenvalue weighted by Gasteiger charge is 2.21. The first-order valence-electron chi connectivity index (χ1n) is 6.21. The lowest BCUT2D eigenvalue weighted by atomic mass is 9.81. The van der Waals surface area contributed by atoms with Crippen molar-refractivity contribution in [3.8, 4) is 0 Å². The first-order valence-corrected chi connectivity index (χ1v) is 6.21. The molecule has 1 aliphatic rings. The Kier molecular flexibility index (Phi) is 3.46. The summed E-state index contributed by atoms with van der Waals surface area (Å²) in [5, 5.41) is 4.08. The van der Waals surface area contributed by atoms with Crippen LogP contribution in [0, 0.1) is 18.8 Å². The SMILES string of the molecule is Cc1nn(CC(C)C2CCCCC2)c(=O)o1. The third-order valence-corrected chi connectivity index (χ3v) is 3.62. The normalized spacial score (nSPS) is 19.9. The average Bonchev–Trinajstić information content (AvgIpc) is 2.59. The van der Waals surface area contributed by atoms with Gasteiger partial charge >= 0.3 is 5.76 Å². The van der Waals surface area contributed by atoms with Crippen molar-refractivity contribution < 1.29 is 4.42 Å². The van der Waals surface area contributed by atoms with Gasteiger partial charge in [-0.1, -0.05) is 39.0 Å². The molecule has 2 rings (SSSR count). The highest BCUT2D eigenvalue weighted by atomic mass is 16.4. The quantitative estimate of drug-likeness (QED) is 0.791. The van der Waals surface area contributed by atoms with Crippen molar-refractivity contribution in [1.29, 1.82) is 0 Å². The Labute approximate surface area is 95.6 Å². The van der Waals surface area contributed by atoms with Crippen LogP contribution in [0.3, 0.4) is 0 Å². The molecule has 0 spiro atoms. The van der Waals surface area contributed by atoms with Gasteiger partial charge in [-0.25, -0.2) is 4.79 Å². The van der Waals surface area contributed by atoms with E-state index >= 15 is 0 Å². The molecule has 16 heavy (non-hydrogen) atoms. The van der Waals surface area contributed by atoms with E-state index in [9.17, 15) is 4.79 Å². The van der Waals surface area contributed by atoms with Crippen LogP contribution in [0.4, 0.5) is 0 Å².